The molecule has 2 N–H and O–H groups in total. The quantitative estimate of drug-likeness (QED) is 0.812. The molecule has 1 aromatic rings. The van der Waals surface area contributed by atoms with Gasteiger partial charge in [-0.1, -0.05) is 32.0 Å². The summed E-state index contributed by atoms with van der Waals surface area (Å²) in [5, 5.41) is 6.02. The van der Waals surface area contributed by atoms with E-state index < -0.39 is 5.41 Å². The third-order valence-electron chi connectivity index (χ3n) is 3.75. The van der Waals surface area contributed by atoms with Gasteiger partial charge in [-0.25, -0.2) is 4.39 Å². The number of benzene rings is 1. The molecule has 0 saturated heterocycles. The van der Waals surface area contributed by atoms with Crippen LogP contribution in [0.15, 0.2) is 24.3 Å². The Bertz CT molecular complexity index is 475. The van der Waals surface area contributed by atoms with Crippen LogP contribution in [0.25, 0.3) is 0 Å². The Morgan fingerprint density at radius 3 is 2.62 bits per heavy atom. The van der Waals surface area contributed by atoms with Gasteiger partial charge in [-0.2, -0.15) is 0 Å². The first kappa shape index (κ1) is 17.9. The van der Waals surface area contributed by atoms with Crippen LogP contribution in [0.4, 0.5) is 4.39 Å². The van der Waals surface area contributed by atoms with Crippen molar-refractivity contribution in [1.29, 1.82) is 0 Å². The average molecular weight is 315 g/mol. The molecule has 1 aromatic carbocycles. The molecule has 2 rings (SSSR count). The predicted octanol–water partition coefficient (Wildman–Crippen LogP) is 2.64. The van der Waals surface area contributed by atoms with Crippen molar-refractivity contribution in [3.8, 4) is 0 Å². The maximum Gasteiger partial charge on any atom is 0.233 e. The molecule has 1 aliphatic rings. The number of amides is 1. The Labute approximate surface area is 132 Å². The first-order valence-electron chi connectivity index (χ1n) is 7.21. The molecule has 1 aliphatic carbocycles. The minimum Gasteiger partial charge on any atom is -0.354 e. The zero-order chi connectivity index (χ0) is 14.6. The van der Waals surface area contributed by atoms with Gasteiger partial charge in [-0.3, -0.25) is 4.79 Å². The molecule has 21 heavy (non-hydrogen) atoms. The van der Waals surface area contributed by atoms with Gasteiger partial charge in [0.25, 0.3) is 0 Å². The lowest BCUT2D eigenvalue weighted by Gasteiger charge is -2.26. The fourth-order valence-electron chi connectivity index (χ4n) is 2.20. The lowest BCUT2D eigenvalue weighted by atomic mass is 9.84. The van der Waals surface area contributed by atoms with E-state index in [-0.39, 0.29) is 24.1 Å². The fourth-order valence-corrected chi connectivity index (χ4v) is 2.20. The average Bonchev–Trinajstić information content (AvgIpc) is 3.21. The van der Waals surface area contributed by atoms with Crippen LogP contribution < -0.4 is 10.6 Å². The molecule has 0 aliphatic heterocycles. The van der Waals surface area contributed by atoms with Crippen LogP contribution in [0.1, 0.15) is 32.3 Å². The Hall–Kier alpha value is -1.13. The normalized spacial score (nSPS) is 14.4. The Kier molecular flexibility index (Phi) is 6.62. The largest absolute Gasteiger partial charge is 0.354 e. The minimum absolute atomic E-state index is 0. The van der Waals surface area contributed by atoms with Crippen LogP contribution in [0.2, 0.25) is 0 Å². The van der Waals surface area contributed by atoms with E-state index in [1.165, 1.54) is 18.9 Å². The lowest BCUT2D eigenvalue weighted by molar-refractivity contribution is -0.120. The van der Waals surface area contributed by atoms with Crippen molar-refractivity contribution in [2.24, 2.45) is 5.92 Å². The molecule has 0 spiro atoms. The zero-order valence-electron chi connectivity index (χ0n) is 12.6. The summed E-state index contributed by atoms with van der Waals surface area (Å²) in [6, 6.07) is 6.72. The van der Waals surface area contributed by atoms with E-state index >= 15 is 0 Å². The highest BCUT2D eigenvalue weighted by atomic mass is 35.5. The summed E-state index contributed by atoms with van der Waals surface area (Å²) >= 11 is 0. The Morgan fingerprint density at radius 2 is 2.00 bits per heavy atom. The molecule has 118 valence electrons. The number of nitrogens with one attached hydrogen (secondary N) is 2. The van der Waals surface area contributed by atoms with Crippen LogP contribution >= 0.6 is 12.4 Å². The molecule has 0 radical (unpaired) electrons. The van der Waals surface area contributed by atoms with E-state index in [1.807, 2.05) is 19.9 Å². The summed E-state index contributed by atoms with van der Waals surface area (Å²) in [6.07, 6.45) is 2.55. The molecule has 0 heterocycles. The van der Waals surface area contributed by atoms with Gasteiger partial charge in [0.15, 0.2) is 0 Å². The van der Waals surface area contributed by atoms with Crippen LogP contribution in [0.5, 0.6) is 0 Å². The first-order chi connectivity index (χ1) is 9.49. The molecule has 3 nitrogen and oxygen atoms in total. The monoisotopic (exact) mass is 314 g/mol. The molecule has 1 amide bonds. The van der Waals surface area contributed by atoms with Crippen LogP contribution in [0.3, 0.4) is 0 Å². The van der Waals surface area contributed by atoms with Crippen molar-refractivity contribution in [2.75, 3.05) is 19.6 Å². The van der Waals surface area contributed by atoms with Crippen LogP contribution in [0, 0.1) is 11.7 Å². The predicted molar refractivity (Wildman–Crippen MR) is 85.3 cm³/mol. The highest BCUT2D eigenvalue weighted by Crippen LogP contribution is 2.27. The van der Waals surface area contributed by atoms with Gasteiger partial charge in [-0.15, -0.1) is 12.4 Å². The van der Waals surface area contributed by atoms with Gasteiger partial charge in [0.1, 0.15) is 5.82 Å². The van der Waals surface area contributed by atoms with Crippen molar-refractivity contribution < 1.29 is 9.18 Å². The molecule has 0 atom stereocenters. The van der Waals surface area contributed by atoms with Gasteiger partial charge in [-0.05, 0) is 36.9 Å². The van der Waals surface area contributed by atoms with E-state index in [1.54, 1.807) is 12.1 Å². The second-order valence-electron chi connectivity index (χ2n) is 6.21. The van der Waals surface area contributed by atoms with Crippen molar-refractivity contribution in [3.63, 3.8) is 0 Å². The molecular formula is C16H24ClFN2O. The summed E-state index contributed by atoms with van der Waals surface area (Å²) in [5.74, 6) is 0.506. The van der Waals surface area contributed by atoms with E-state index in [9.17, 15) is 9.18 Å². The van der Waals surface area contributed by atoms with Gasteiger partial charge in [0.05, 0.1) is 6.54 Å². The highest BCUT2D eigenvalue weighted by molar-refractivity contribution is 5.85. The van der Waals surface area contributed by atoms with E-state index in [2.05, 4.69) is 10.6 Å². The molecule has 1 fully saturated rings. The lowest BCUT2D eigenvalue weighted by Crippen LogP contribution is -2.41. The van der Waals surface area contributed by atoms with Gasteiger partial charge in [0, 0.05) is 12.0 Å². The molecule has 5 heteroatoms. The highest BCUT2D eigenvalue weighted by Gasteiger charge is 2.25. The molecular weight excluding hydrogens is 291 g/mol. The maximum atomic E-state index is 13.8. The first-order valence-corrected chi connectivity index (χ1v) is 7.21. The molecule has 0 bridgehead atoms. The number of hydrogen-bond acceptors (Lipinski definition) is 2. The maximum absolute atomic E-state index is 13.8. The Balaban J connectivity index is 0.00000220. The second kappa shape index (κ2) is 7.76. The third-order valence-corrected chi connectivity index (χ3v) is 3.75. The van der Waals surface area contributed by atoms with Gasteiger partial charge < -0.3 is 10.6 Å². The van der Waals surface area contributed by atoms with Crippen molar-refractivity contribution in [3.05, 3.63) is 35.6 Å². The number of carbonyl (C=O) groups is 1. The van der Waals surface area contributed by atoms with Crippen molar-refractivity contribution in [2.45, 2.75) is 32.1 Å². The van der Waals surface area contributed by atoms with E-state index in [0.29, 0.717) is 18.7 Å². The van der Waals surface area contributed by atoms with Gasteiger partial charge >= 0.3 is 0 Å². The second-order valence-corrected chi connectivity index (χ2v) is 6.21. The van der Waals surface area contributed by atoms with Crippen LogP contribution in [-0.2, 0) is 10.2 Å². The summed E-state index contributed by atoms with van der Waals surface area (Å²) < 4.78 is 13.8. The number of hydrogen-bond donors (Lipinski definition) is 2. The standard InChI is InChI=1S/C16H23FN2O.ClH/c1-16(2,13-5-3-4-6-14(13)17)11-19-15(20)10-18-9-12-7-8-12;/h3-6,12,18H,7-11H2,1-2H3,(H,19,20);1H. The number of halogens is 2. The zero-order valence-corrected chi connectivity index (χ0v) is 13.4. The fraction of sp³-hybridized carbons (Fsp3) is 0.562. The van der Waals surface area contributed by atoms with Crippen molar-refractivity contribution >= 4 is 18.3 Å². The topological polar surface area (TPSA) is 41.1 Å². The summed E-state index contributed by atoms with van der Waals surface area (Å²) in [5.41, 5.74) is 0.212. The van der Waals surface area contributed by atoms with E-state index in [4.69, 9.17) is 0 Å². The summed E-state index contributed by atoms with van der Waals surface area (Å²) in [6.45, 7) is 5.55. The number of rotatable bonds is 7. The Morgan fingerprint density at radius 1 is 1.33 bits per heavy atom. The van der Waals surface area contributed by atoms with Crippen LogP contribution in [-0.4, -0.2) is 25.5 Å². The van der Waals surface area contributed by atoms with Crippen molar-refractivity contribution in [1.82, 2.24) is 10.6 Å². The molecule has 1 saturated carbocycles. The summed E-state index contributed by atoms with van der Waals surface area (Å²) in [7, 11) is 0. The smallest absolute Gasteiger partial charge is 0.233 e. The third kappa shape index (κ3) is 5.64. The molecule has 0 unspecified atom stereocenters. The van der Waals surface area contributed by atoms with Gasteiger partial charge in [0.2, 0.25) is 5.91 Å². The SMILES string of the molecule is CC(C)(CNC(=O)CNCC1CC1)c1ccccc1F.Cl. The summed E-state index contributed by atoms with van der Waals surface area (Å²) in [4.78, 5) is 11.7. The molecule has 0 aromatic heterocycles. The van der Waals surface area contributed by atoms with E-state index in [0.717, 1.165) is 12.5 Å². The minimum atomic E-state index is -0.419. The number of carbonyl (C=O) groups excluding carboxylic acids is 1.